The summed E-state index contributed by atoms with van der Waals surface area (Å²) in [5.41, 5.74) is 4.04. The molecule has 0 aliphatic carbocycles. The highest BCUT2D eigenvalue weighted by Crippen LogP contribution is 2.31. The van der Waals surface area contributed by atoms with Gasteiger partial charge >= 0.3 is 0 Å². The highest BCUT2D eigenvalue weighted by molar-refractivity contribution is 7.89. The fourth-order valence-electron chi connectivity index (χ4n) is 2.93. The fraction of sp³-hybridized carbons (Fsp3) is 0.429. The molecule has 0 saturated heterocycles. The summed E-state index contributed by atoms with van der Waals surface area (Å²) in [5, 5.41) is 0. The van der Waals surface area contributed by atoms with Crippen LogP contribution in [0.3, 0.4) is 0 Å². The first-order valence-electron chi connectivity index (χ1n) is 8.98. The Morgan fingerprint density at radius 1 is 1.08 bits per heavy atom. The van der Waals surface area contributed by atoms with Gasteiger partial charge in [-0.1, -0.05) is 43.7 Å². The highest BCUT2D eigenvalue weighted by Gasteiger charge is 2.20. The normalized spacial score (nSPS) is 11.8. The van der Waals surface area contributed by atoms with Gasteiger partial charge < -0.3 is 4.74 Å². The van der Waals surface area contributed by atoms with Gasteiger partial charge in [0, 0.05) is 6.54 Å². The van der Waals surface area contributed by atoms with Crippen molar-refractivity contribution in [3.05, 3.63) is 58.7 Å². The molecule has 0 saturated carbocycles. The van der Waals surface area contributed by atoms with Gasteiger partial charge in [-0.25, -0.2) is 13.1 Å². The van der Waals surface area contributed by atoms with E-state index < -0.39 is 10.0 Å². The predicted molar refractivity (Wildman–Crippen MR) is 107 cm³/mol. The number of methoxy groups -OCH3 is 1. The largest absolute Gasteiger partial charge is 0.496 e. The lowest BCUT2D eigenvalue weighted by atomic mass is 10.0. The van der Waals surface area contributed by atoms with E-state index in [4.69, 9.17) is 4.74 Å². The van der Waals surface area contributed by atoms with E-state index in [2.05, 4.69) is 35.9 Å². The van der Waals surface area contributed by atoms with Crippen LogP contribution < -0.4 is 9.46 Å². The Morgan fingerprint density at radius 2 is 1.73 bits per heavy atom. The van der Waals surface area contributed by atoms with Crippen LogP contribution in [0.4, 0.5) is 0 Å². The van der Waals surface area contributed by atoms with E-state index in [9.17, 15) is 8.42 Å². The first-order valence-corrected chi connectivity index (χ1v) is 10.5. The van der Waals surface area contributed by atoms with Crippen molar-refractivity contribution < 1.29 is 13.2 Å². The molecule has 0 heterocycles. The van der Waals surface area contributed by atoms with Gasteiger partial charge in [0.05, 0.1) is 12.0 Å². The van der Waals surface area contributed by atoms with Crippen molar-refractivity contribution in [3.63, 3.8) is 0 Å². The quantitative estimate of drug-likeness (QED) is 0.698. The molecule has 5 heteroatoms. The van der Waals surface area contributed by atoms with Crippen molar-refractivity contribution in [2.75, 3.05) is 13.7 Å². The Bertz CT molecular complexity index is 840. The number of benzene rings is 2. The van der Waals surface area contributed by atoms with Gasteiger partial charge in [-0.05, 0) is 61.4 Å². The zero-order chi connectivity index (χ0) is 19.3. The topological polar surface area (TPSA) is 55.4 Å². The average Bonchev–Trinajstić information content (AvgIpc) is 2.59. The van der Waals surface area contributed by atoms with Gasteiger partial charge in [-0.15, -0.1) is 0 Å². The maximum absolute atomic E-state index is 12.7. The van der Waals surface area contributed by atoms with Crippen LogP contribution >= 0.6 is 0 Å². The molecule has 0 fully saturated rings. The summed E-state index contributed by atoms with van der Waals surface area (Å²) in [6.45, 7) is 8.32. The molecule has 0 unspecified atom stereocenters. The fourth-order valence-corrected chi connectivity index (χ4v) is 4.26. The number of hydrogen-bond donors (Lipinski definition) is 1. The van der Waals surface area contributed by atoms with E-state index in [1.807, 2.05) is 13.8 Å². The van der Waals surface area contributed by atoms with Crippen LogP contribution in [0.1, 0.15) is 48.4 Å². The second kappa shape index (κ2) is 8.69. The molecule has 26 heavy (non-hydrogen) atoms. The van der Waals surface area contributed by atoms with Crippen LogP contribution in [0.25, 0.3) is 0 Å². The predicted octanol–water partition coefficient (Wildman–Crippen LogP) is 4.35. The van der Waals surface area contributed by atoms with Crippen LogP contribution in [-0.2, 0) is 16.4 Å². The first kappa shape index (κ1) is 20.5. The van der Waals surface area contributed by atoms with E-state index in [0.29, 0.717) is 17.0 Å². The van der Waals surface area contributed by atoms with E-state index in [0.717, 1.165) is 24.2 Å². The summed E-state index contributed by atoms with van der Waals surface area (Å²) >= 11 is 0. The first-order chi connectivity index (χ1) is 12.2. The lowest BCUT2D eigenvalue weighted by molar-refractivity contribution is 0.406. The monoisotopic (exact) mass is 375 g/mol. The molecule has 2 aromatic rings. The van der Waals surface area contributed by atoms with Crippen LogP contribution in [0.15, 0.2) is 41.3 Å². The standard InChI is InChI=1S/C21H29NO3S/c1-15(2)19-14-21(17(4)13-20(19)25-5)26(23,24)22-12-6-7-18-10-8-16(3)9-11-18/h8-11,13-15,22H,6-7,12H2,1-5H3. The minimum absolute atomic E-state index is 0.182. The van der Waals surface area contributed by atoms with Crippen LogP contribution in [0.2, 0.25) is 0 Å². The molecule has 142 valence electrons. The Kier molecular flexibility index (Phi) is 6.84. The molecule has 0 spiro atoms. The summed E-state index contributed by atoms with van der Waals surface area (Å²) in [5.74, 6) is 0.914. The third-order valence-corrected chi connectivity index (χ3v) is 6.10. The Hall–Kier alpha value is -1.85. The zero-order valence-corrected chi connectivity index (χ0v) is 17.1. The second-order valence-corrected chi connectivity index (χ2v) is 8.74. The molecule has 0 bridgehead atoms. The Morgan fingerprint density at radius 3 is 2.31 bits per heavy atom. The van der Waals surface area contributed by atoms with E-state index >= 15 is 0 Å². The van der Waals surface area contributed by atoms with Gasteiger partial charge in [0.15, 0.2) is 0 Å². The lowest BCUT2D eigenvalue weighted by Crippen LogP contribution is -2.26. The molecule has 0 radical (unpaired) electrons. The number of ether oxygens (including phenoxy) is 1. The zero-order valence-electron chi connectivity index (χ0n) is 16.3. The van der Waals surface area contributed by atoms with E-state index in [1.165, 1.54) is 11.1 Å². The van der Waals surface area contributed by atoms with Crippen LogP contribution in [0.5, 0.6) is 5.75 Å². The Labute approximate surface area is 157 Å². The summed E-state index contributed by atoms with van der Waals surface area (Å²) in [6, 6.07) is 11.9. The molecule has 0 amide bonds. The molecular weight excluding hydrogens is 346 g/mol. The molecular formula is C21H29NO3S. The molecule has 0 aliphatic heterocycles. The summed E-state index contributed by atoms with van der Waals surface area (Å²) in [7, 11) is -1.93. The number of nitrogens with one attached hydrogen (secondary N) is 1. The minimum Gasteiger partial charge on any atom is -0.496 e. The third-order valence-electron chi connectivity index (χ3n) is 4.49. The minimum atomic E-state index is -3.54. The van der Waals surface area contributed by atoms with Gasteiger partial charge in [0.2, 0.25) is 10.0 Å². The van der Waals surface area contributed by atoms with Gasteiger partial charge in [0.25, 0.3) is 0 Å². The summed E-state index contributed by atoms with van der Waals surface area (Å²) in [6.07, 6.45) is 1.61. The average molecular weight is 376 g/mol. The maximum Gasteiger partial charge on any atom is 0.240 e. The van der Waals surface area contributed by atoms with Crippen LogP contribution in [0, 0.1) is 13.8 Å². The van der Waals surface area contributed by atoms with Gasteiger partial charge in [-0.3, -0.25) is 0 Å². The van der Waals surface area contributed by atoms with Gasteiger partial charge in [0.1, 0.15) is 5.75 Å². The molecule has 0 aliphatic rings. The van der Waals surface area contributed by atoms with Crippen molar-refractivity contribution in [1.29, 1.82) is 0 Å². The lowest BCUT2D eigenvalue weighted by Gasteiger charge is -2.16. The maximum atomic E-state index is 12.7. The molecule has 0 atom stereocenters. The van der Waals surface area contributed by atoms with Crippen molar-refractivity contribution >= 4 is 10.0 Å². The number of sulfonamides is 1. The van der Waals surface area contributed by atoms with Gasteiger partial charge in [-0.2, -0.15) is 0 Å². The molecule has 0 aromatic heterocycles. The third kappa shape index (κ3) is 5.08. The molecule has 2 aromatic carbocycles. The number of aryl methyl sites for hydroxylation is 3. The smallest absolute Gasteiger partial charge is 0.240 e. The Balaban J connectivity index is 2.07. The second-order valence-electron chi connectivity index (χ2n) is 7.00. The number of rotatable bonds is 8. The van der Waals surface area contributed by atoms with Crippen molar-refractivity contribution in [3.8, 4) is 5.75 Å². The summed E-state index contributed by atoms with van der Waals surface area (Å²) in [4.78, 5) is 0.331. The summed E-state index contributed by atoms with van der Waals surface area (Å²) < 4.78 is 33.6. The van der Waals surface area contributed by atoms with Crippen LogP contribution in [-0.4, -0.2) is 22.1 Å². The van der Waals surface area contributed by atoms with Crippen molar-refractivity contribution in [1.82, 2.24) is 4.72 Å². The highest BCUT2D eigenvalue weighted by atomic mass is 32.2. The van der Waals surface area contributed by atoms with Crippen molar-refractivity contribution in [2.24, 2.45) is 0 Å². The SMILES string of the molecule is COc1cc(C)c(S(=O)(=O)NCCCc2ccc(C)cc2)cc1C(C)C. The number of hydrogen-bond acceptors (Lipinski definition) is 3. The molecule has 4 nitrogen and oxygen atoms in total. The van der Waals surface area contributed by atoms with E-state index in [1.54, 1.807) is 26.2 Å². The van der Waals surface area contributed by atoms with Crippen molar-refractivity contribution in [2.45, 2.75) is 51.3 Å². The molecule has 2 rings (SSSR count). The van der Waals surface area contributed by atoms with E-state index in [-0.39, 0.29) is 5.92 Å². The molecule has 1 N–H and O–H groups in total.